The minimum absolute atomic E-state index is 0.253. The van der Waals surface area contributed by atoms with Crippen molar-refractivity contribution in [1.29, 1.82) is 0 Å². The standard InChI is InChI=1S/C32H27BrClNO5/c1-3-38-29-19-22(18-27(33)31(29)39-20-24-6-4-5-7-28(24)34)10-17-30(36)40-26-15-11-23(12-16-26)32(37)35-25-13-8-21(2)9-14-25/h4-19H,3,20H2,1-2H3,(H,35,37)/b17-10+. The number of esters is 1. The largest absolute Gasteiger partial charge is 0.490 e. The number of benzene rings is 4. The number of carbonyl (C=O) groups excluding carboxylic acids is 2. The van der Waals surface area contributed by atoms with Gasteiger partial charge in [-0.15, -0.1) is 0 Å². The van der Waals surface area contributed by atoms with Gasteiger partial charge in [0.25, 0.3) is 5.91 Å². The normalized spacial score (nSPS) is 10.8. The van der Waals surface area contributed by atoms with E-state index in [1.165, 1.54) is 6.08 Å². The number of aryl methyl sites for hydroxylation is 1. The van der Waals surface area contributed by atoms with Gasteiger partial charge in [-0.1, -0.05) is 47.5 Å². The van der Waals surface area contributed by atoms with Crippen molar-refractivity contribution < 1.29 is 23.8 Å². The SMILES string of the molecule is CCOc1cc(/C=C/C(=O)Oc2ccc(C(=O)Nc3ccc(C)cc3)cc2)cc(Br)c1OCc1ccccc1Cl. The molecule has 0 saturated heterocycles. The molecule has 0 aromatic heterocycles. The molecule has 40 heavy (non-hydrogen) atoms. The maximum absolute atomic E-state index is 12.5. The molecule has 1 amide bonds. The van der Waals surface area contributed by atoms with Crippen LogP contribution in [0.25, 0.3) is 6.08 Å². The lowest BCUT2D eigenvalue weighted by molar-refractivity contribution is -0.128. The Labute approximate surface area is 246 Å². The van der Waals surface area contributed by atoms with E-state index >= 15 is 0 Å². The third-order valence-corrected chi connectivity index (χ3v) is 6.68. The van der Waals surface area contributed by atoms with E-state index in [2.05, 4.69) is 21.2 Å². The number of carbonyl (C=O) groups is 2. The third-order valence-electron chi connectivity index (χ3n) is 5.72. The van der Waals surface area contributed by atoms with Gasteiger partial charge in [0.1, 0.15) is 12.4 Å². The molecule has 0 aliphatic carbocycles. The lowest BCUT2D eigenvalue weighted by Crippen LogP contribution is -2.12. The summed E-state index contributed by atoms with van der Waals surface area (Å²) in [7, 11) is 0. The predicted molar refractivity (Wildman–Crippen MR) is 161 cm³/mol. The number of amides is 1. The second-order valence-electron chi connectivity index (χ2n) is 8.74. The van der Waals surface area contributed by atoms with Crippen LogP contribution in [0.2, 0.25) is 5.02 Å². The first-order chi connectivity index (χ1) is 19.3. The molecule has 0 fully saturated rings. The summed E-state index contributed by atoms with van der Waals surface area (Å²) in [5.74, 6) is 0.562. The maximum Gasteiger partial charge on any atom is 0.336 e. The summed E-state index contributed by atoms with van der Waals surface area (Å²) >= 11 is 9.79. The molecule has 4 aromatic carbocycles. The van der Waals surface area contributed by atoms with E-state index in [0.717, 1.165) is 11.1 Å². The highest BCUT2D eigenvalue weighted by atomic mass is 79.9. The monoisotopic (exact) mass is 619 g/mol. The Hall–Kier alpha value is -4.07. The van der Waals surface area contributed by atoms with Gasteiger partial charge in [0, 0.05) is 27.9 Å². The molecular formula is C32H27BrClNO5. The van der Waals surface area contributed by atoms with Gasteiger partial charge in [0.15, 0.2) is 11.5 Å². The molecule has 0 aliphatic rings. The molecule has 1 N–H and O–H groups in total. The molecule has 0 saturated carbocycles. The first-order valence-corrected chi connectivity index (χ1v) is 13.7. The summed E-state index contributed by atoms with van der Waals surface area (Å²) in [4.78, 5) is 24.9. The van der Waals surface area contributed by atoms with Crippen molar-refractivity contribution in [2.24, 2.45) is 0 Å². The zero-order valence-corrected chi connectivity index (χ0v) is 24.3. The van der Waals surface area contributed by atoms with Crippen LogP contribution in [-0.2, 0) is 11.4 Å². The zero-order valence-electron chi connectivity index (χ0n) is 21.9. The molecule has 0 bridgehead atoms. The molecule has 0 unspecified atom stereocenters. The van der Waals surface area contributed by atoms with Crippen molar-refractivity contribution in [3.05, 3.63) is 123 Å². The minimum Gasteiger partial charge on any atom is -0.490 e. The fraction of sp³-hybridized carbons (Fsp3) is 0.125. The van der Waals surface area contributed by atoms with Gasteiger partial charge in [0.2, 0.25) is 0 Å². The smallest absolute Gasteiger partial charge is 0.336 e. The van der Waals surface area contributed by atoms with Crippen molar-refractivity contribution in [1.82, 2.24) is 0 Å². The first-order valence-electron chi connectivity index (χ1n) is 12.5. The van der Waals surface area contributed by atoms with Crippen LogP contribution in [0.15, 0.2) is 95.5 Å². The van der Waals surface area contributed by atoms with Crippen LogP contribution in [0.3, 0.4) is 0 Å². The molecule has 0 radical (unpaired) electrons. The van der Waals surface area contributed by atoms with E-state index in [-0.39, 0.29) is 12.5 Å². The van der Waals surface area contributed by atoms with Gasteiger partial charge in [-0.3, -0.25) is 4.79 Å². The second kappa shape index (κ2) is 13.8. The van der Waals surface area contributed by atoms with Gasteiger partial charge in [-0.2, -0.15) is 0 Å². The van der Waals surface area contributed by atoms with Crippen LogP contribution in [0.1, 0.15) is 34.0 Å². The molecule has 8 heteroatoms. The highest BCUT2D eigenvalue weighted by Crippen LogP contribution is 2.38. The van der Waals surface area contributed by atoms with Crippen molar-refractivity contribution in [3.8, 4) is 17.2 Å². The number of ether oxygens (including phenoxy) is 3. The summed E-state index contributed by atoms with van der Waals surface area (Å²) in [5.41, 5.74) is 3.82. The Bertz CT molecular complexity index is 1520. The molecule has 0 spiro atoms. The predicted octanol–water partition coefficient (Wildman–Crippen LogP) is 8.26. The molecule has 0 heterocycles. The number of anilines is 1. The van der Waals surface area contributed by atoms with E-state index in [4.69, 9.17) is 25.8 Å². The van der Waals surface area contributed by atoms with E-state index in [0.29, 0.717) is 50.2 Å². The Morgan fingerprint density at radius 1 is 0.950 bits per heavy atom. The summed E-state index contributed by atoms with van der Waals surface area (Å²) in [6.07, 6.45) is 2.94. The fourth-order valence-corrected chi connectivity index (χ4v) is 4.45. The van der Waals surface area contributed by atoms with Gasteiger partial charge in [0.05, 0.1) is 11.1 Å². The van der Waals surface area contributed by atoms with Crippen LogP contribution >= 0.6 is 27.5 Å². The van der Waals surface area contributed by atoms with E-state index in [1.807, 2.05) is 68.4 Å². The Balaban J connectivity index is 1.38. The number of halogens is 2. The molecule has 6 nitrogen and oxygen atoms in total. The average Bonchev–Trinajstić information content (AvgIpc) is 2.94. The molecule has 204 valence electrons. The lowest BCUT2D eigenvalue weighted by Gasteiger charge is -2.15. The first kappa shape index (κ1) is 28.9. The minimum atomic E-state index is -0.565. The Morgan fingerprint density at radius 2 is 1.68 bits per heavy atom. The molecule has 4 aromatic rings. The number of hydrogen-bond donors (Lipinski definition) is 1. The van der Waals surface area contributed by atoms with Crippen LogP contribution in [0.5, 0.6) is 17.2 Å². The topological polar surface area (TPSA) is 73.9 Å². The van der Waals surface area contributed by atoms with Gasteiger partial charge < -0.3 is 19.5 Å². The highest BCUT2D eigenvalue weighted by Gasteiger charge is 2.13. The van der Waals surface area contributed by atoms with Gasteiger partial charge in [-0.25, -0.2) is 4.79 Å². The summed E-state index contributed by atoms with van der Waals surface area (Å²) in [6, 6.07) is 24.9. The number of rotatable bonds is 10. The van der Waals surface area contributed by atoms with E-state index < -0.39 is 5.97 Å². The third kappa shape index (κ3) is 7.97. The average molecular weight is 621 g/mol. The quantitative estimate of drug-likeness (QED) is 0.110. The van der Waals surface area contributed by atoms with Crippen molar-refractivity contribution in [2.45, 2.75) is 20.5 Å². The van der Waals surface area contributed by atoms with Crippen LogP contribution in [0.4, 0.5) is 5.69 Å². The number of hydrogen-bond acceptors (Lipinski definition) is 5. The highest BCUT2D eigenvalue weighted by molar-refractivity contribution is 9.10. The zero-order chi connectivity index (χ0) is 28.5. The van der Waals surface area contributed by atoms with Crippen LogP contribution in [-0.4, -0.2) is 18.5 Å². The Morgan fingerprint density at radius 3 is 2.38 bits per heavy atom. The fourth-order valence-electron chi connectivity index (χ4n) is 3.68. The lowest BCUT2D eigenvalue weighted by atomic mass is 10.1. The summed E-state index contributed by atoms with van der Waals surface area (Å²) in [6.45, 7) is 4.56. The van der Waals surface area contributed by atoms with Gasteiger partial charge >= 0.3 is 5.97 Å². The summed E-state index contributed by atoms with van der Waals surface area (Å²) in [5, 5.41) is 3.46. The van der Waals surface area contributed by atoms with Crippen molar-refractivity contribution in [3.63, 3.8) is 0 Å². The summed E-state index contributed by atoms with van der Waals surface area (Å²) < 4.78 is 17.9. The van der Waals surface area contributed by atoms with E-state index in [1.54, 1.807) is 36.4 Å². The molecular weight excluding hydrogens is 594 g/mol. The van der Waals surface area contributed by atoms with Crippen LogP contribution < -0.4 is 19.5 Å². The van der Waals surface area contributed by atoms with Crippen LogP contribution in [0, 0.1) is 6.92 Å². The molecule has 4 rings (SSSR count). The second-order valence-corrected chi connectivity index (χ2v) is 10.0. The maximum atomic E-state index is 12.5. The Kier molecular flexibility index (Phi) is 10.00. The molecule has 0 aliphatic heterocycles. The molecule has 0 atom stereocenters. The van der Waals surface area contributed by atoms with Gasteiger partial charge in [-0.05, 0) is 96.0 Å². The van der Waals surface area contributed by atoms with Crippen molar-refractivity contribution in [2.75, 3.05) is 11.9 Å². The number of nitrogens with one attached hydrogen (secondary N) is 1. The van der Waals surface area contributed by atoms with Crippen molar-refractivity contribution >= 4 is 51.2 Å². The van der Waals surface area contributed by atoms with E-state index in [9.17, 15) is 9.59 Å².